The van der Waals surface area contributed by atoms with Crippen molar-refractivity contribution in [2.24, 2.45) is 0 Å². The molecule has 2 aliphatic rings. The summed E-state index contributed by atoms with van der Waals surface area (Å²) in [4.78, 5) is 4.09. The number of anilines is 1. The lowest BCUT2D eigenvalue weighted by Gasteiger charge is -2.30. The minimum absolute atomic E-state index is 0.552. The highest BCUT2D eigenvalue weighted by Crippen LogP contribution is 2.28. The molecule has 1 aromatic rings. The molecule has 0 saturated carbocycles. The van der Waals surface area contributed by atoms with Gasteiger partial charge >= 0.3 is 0 Å². The first kappa shape index (κ1) is 10.4. The summed E-state index contributed by atoms with van der Waals surface area (Å²) in [5, 5.41) is 7.74. The van der Waals surface area contributed by atoms with Gasteiger partial charge in [-0.15, -0.1) is 0 Å². The Bertz CT molecular complexity index is 353. The van der Waals surface area contributed by atoms with Crippen molar-refractivity contribution in [1.82, 2.24) is 10.3 Å². The maximum Gasteiger partial charge on any atom is 0.129 e. The fraction of sp³-hybridized carbons (Fsp3) is 0.583. The molecule has 0 radical (unpaired) electrons. The van der Waals surface area contributed by atoms with Crippen LogP contribution < -0.4 is 10.6 Å². The van der Waals surface area contributed by atoms with Gasteiger partial charge in [-0.05, 0) is 37.8 Å². The first-order chi connectivity index (χ1) is 7.79. The Balaban J connectivity index is 1.64. The first-order valence-corrected chi connectivity index (χ1v) is 6.31. The molecule has 16 heavy (non-hydrogen) atoms. The number of piperidine rings is 1. The molecule has 2 saturated heterocycles. The molecule has 86 valence electrons. The summed E-state index contributed by atoms with van der Waals surface area (Å²) < 4.78 is 0. The van der Waals surface area contributed by atoms with Crippen LogP contribution in [0.25, 0.3) is 0 Å². The lowest BCUT2D eigenvalue weighted by molar-refractivity contribution is 0.378. The Labute approximate surface area is 101 Å². The standard InChI is InChI=1S/C12H16ClN3/c13-12-4-3-10(7-14-12)16-11-5-8-1-2-9(6-11)15-8/h3-4,7-9,11,15-16H,1-2,5-6H2/t8-,9+,11?. The largest absolute Gasteiger partial charge is 0.381 e. The van der Waals surface area contributed by atoms with Crippen LogP contribution in [0.5, 0.6) is 0 Å². The molecule has 2 N–H and O–H groups in total. The second kappa shape index (κ2) is 4.22. The van der Waals surface area contributed by atoms with Crippen LogP contribution in [0.1, 0.15) is 25.7 Å². The Morgan fingerprint density at radius 2 is 2.00 bits per heavy atom. The van der Waals surface area contributed by atoms with Gasteiger partial charge in [0.25, 0.3) is 0 Å². The third-order valence-corrected chi connectivity index (χ3v) is 3.79. The molecule has 0 spiro atoms. The van der Waals surface area contributed by atoms with Gasteiger partial charge in [-0.3, -0.25) is 0 Å². The van der Waals surface area contributed by atoms with Gasteiger partial charge in [-0.2, -0.15) is 0 Å². The van der Waals surface area contributed by atoms with Crippen LogP contribution in [0.4, 0.5) is 5.69 Å². The average molecular weight is 238 g/mol. The van der Waals surface area contributed by atoms with Crippen molar-refractivity contribution in [2.75, 3.05) is 5.32 Å². The fourth-order valence-corrected chi connectivity index (χ4v) is 2.98. The van der Waals surface area contributed by atoms with Crippen molar-refractivity contribution in [3.8, 4) is 0 Å². The van der Waals surface area contributed by atoms with Gasteiger partial charge in [0, 0.05) is 18.1 Å². The molecule has 2 bridgehead atoms. The van der Waals surface area contributed by atoms with Gasteiger partial charge in [-0.1, -0.05) is 11.6 Å². The minimum atomic E-state index is 0.552. The van der Waals surface area contributed by atoms with Crippen LogP contribution in [0.15, 0.2) is 18.3 Å². The van der Waals surface area contributed by atoms with Crippen LogP contribution >= 0.6 is 11.6 Å². The SMILES string of the molecule is Clc1ccc(NC2C[C@H]3CC[C@@H](C2)N3)cn1. The van der Waals surface area contributed by atoms with E-state index in [1.165, 1.54) is 25.7 Å². The maximum absolute atomic E-state index is 5.76. The van der Waals surface area contributed by atoms with Crippen LogP contribution in [-0.2, 0) is 0 Å². The van der Waals surface area contributed by atoms with E-state index in [4.69, 9.17) is 11.6 Å². The first-order valence-electron chi connectivity index (χ1n) is 5.94. The summed E-state index contributed by atoms with van der Waals surface area (Å²) in [5.41, 5.74) is 1.08. The van der Waals surface area contributed by atoms with E-state index >= 15 is 0 Å². The number of nitrogens with one attached hydrogen (secondary N) is 2. The molecular weight excluding hydrogens is 222 g/mol. The number of rotatable bonds is 2. The zero-order chi connectivity index (χ0) is 11.0. The predicted molar refractivity (Wildman–Crippen MR) is 65.8 cm³/mol. The summed E-state index contributed by atoms with van der Waals surface area (Å²) >= 11 is 5.76. The monoisotopic (exact) mass is 237 g/mol. The second-order valence-electron chi connectivity index (χ2n) is 4.82. The van der Waals surface area contributed by atoms with Crippen molar-refractivity contribution in [3.05, 3.63) is 23.5 Å². The molecule has 0 aromatic carbocycles. The van der Waals surface area contributed by atoms with E-state index in [0.717, 1.165) is 17.8 Å². The van der Waals surface area contributed by atoms with Gasteiger partial charge in [0.15, 0.2) is 0 Å². The van der Waals surface area contributed by atoms with E-state index < -0.39 is 0 Å². The summed E-state index contributed by atoms with van der Waals surface area (Å²) in [6, 6.07) is 5.86. The molecule has 2 fully saturated rings. The molecular formula is C12H16ClN3. The number of pyridine rings is 1. The summed E-state index contributed by atoms with van der Waals surface area (Å²) in [7, 11) is 0. The Morgan fingerprint density at radius 1 is 1.25 bits per heavy atom. The Morgan fingerprint density at radius 3 is 2.62 bits per heavy atom. The van der Waals surface area contributed by atoms with E-state index in [1.807, 2.05) is 18.3 Å². The maximum atomic E-state index is 5.76. The van der Waals surface area contributed by atoms with E-state index in [9.17, 15) is 0 Å². The number of hydrogen-bond donors (Lipinski definition) is 2. The Kier molecular flexibility index (Phi) is 2.74. The van der Waals surface area contributed by atoms with Crippen LogP contribution in [0, 0.1) is 0 Å². The molecule has 1 aromatic heterocycles. The molecule has 0 aliphatic carbocycles. The van der Waals surface area contributed by atoms with E-state index in [-0.39, 0.29) is 0 Å². The third-order valence-electron chi connectivity index (χ3n) is 3.57. The molecule has 2 aliphatic heterocycles. The molecule has 3 nitrogen and oxygen atoms in total. The van der Waals surface area contributed by atoms with Gasteiger partial charge in [0.1, 0.15) is 5.15 Å². The van der Waals surface area contributed by atoms with Crippen molar-refractivity contribution in [2.45, 2.75) is 43.8 Å². The average Bonchev–Trinajstić information content (AvgIpc) is 2.62. The van der Waals surface area contributed by atoms with Gasteiger partial charge < -0.3 is 10.6 Å². The number of halogens is 1. The summed E-state index contributed by atoms with van der Waals surface area (Å²) in [6.07, 6.45) is 6.92. The van der Waals surface area contributed by atoms with Crippen LogP contribution in [0.2, 0.25) is 5.15 Å². The number of fused-ring (bicyclic) bond motifs is 2. The number of hydrogen-bond acceptors (Lipinski definition) is 3. The fourth-order valence-electron chi connectivity index (χ4n) is 2.87. The quantitative estimate of drug-likeness (QED) is 0.776. The molecule has 3 rings (SSSR count). The lowest BCUT2D eigenvalue weighted by atomic mass is 10.00. The van der Waals surface area contributed by atoms with E-state index in [2.05, 4.69) is 15.6 Å². The third kappa shape index (κ3) is 2.15. The second-order valence-corrected chi connectivity index (χ2v) is 5.21. The highest BCUT2D eigenvalue weighted by molar-refractivity contribution is 6.29. The van der Waals surface area contributed by atoms with Crippen LogP contribution in [-0.4, -0.2) is 23.1 Å². The van der Waals surface area contributed by atoms with Crippen molar-refractivity contribution < 1.29 is 0 Å². The van der Waals surface area contributed by atoms with E-state index in [0.29, 0.717) is 11.2 Å². The molecule has 4 heteroatoms. The predicted octanol–water partition coefficient (Wildman–Crippen LogP) is 2.43. The number of aromatic nitrogens is 1. The molecule has 1 unspecified atom stereocenters. The van der Waals surface area contributed by atoms with Gasteiger partial charge in [0.2, 0.25) is 0 Å². The summed E-state index contributed by atoms with van der Waals surface area (Å²) in [6.45, 7) is 0. The zero-order valence-corrected chi connectivity index (χ0v) is 9.87. The van der Waals surface area contributed by atoms with Crippen molar-refractivity contribution in [1.29, 1.82) is 0 Å². The van der Waals surface area contributed by atoms with Gasteiger partial charge in [-0.25, -0.2) is 4.98 Å². The zero-order valence-electron chi connectivity index (χ0n) is 9.12. The summed E-state index contributed by atoms with van der Waals surface area (Å²) in [5.74, 6) is 0. The molecule has 0 amide bonds. The normalized spacial score (nSPS) is 32.7. The smallest absolute Gasteiger partial charge is 0.129 e. The number of nitrogens with zero attached hydrogens (tertiary/aromatic N) is 1. The van der Waals surface area contributed by atoms with Crippen LogP contribution in [0.3, 0.4) is 0 Å². The molecule has 3 heterocycles. The highest BCUT2D eigenvalue weighted by atomic mass is 35.5. The molecule has 3 atom stereocenters. The topological polar surface area (TPSA) is 37.0 Å². The van der Waals surface area contributed by atoms with E-state index in [1.54, 1.807) is 0 Å². The Hall–Kier alpha value is -0.800. The lowest BCUT2D eigenvalue weighted by Crippen LogP contribution is -2.43. The van der Waals surface area contributed by atoms with Gasteiger partial charge in [0.05, 0.1) is 11.9 Å². The minimum Gasteiger partial charge on any atom is -0.381 e. The highest BCUT2D eigenvalue weighted by Gasteiger charge is 2.33. The van der Waals surface area contributed by atoms with Crippen molar-refractivity contribution in [3.63, 3.8) is 0 Å². The van der Waals surface area contributed by atoms with Crippen molar-refractivity contribution >= 4 is 17.3 Å².